The summed E-state index contributed by atoms with van der Waals surface area (Å²) >= 11 is 13.4. The van der Waals surface area contributed by atoms with E-state index in [1.54, 1.807) is 11.3 Å². The predicted molar refractivity (Wildman–Crippen MR) is 73.5 cm³/mol. The molecular weight excluding hydrogens is 312 g/mol. The summed E-state index contributed by atoms with van der Waals surface area (Å²) in [5.41, 5.74) is 1.24. The summed E-state index contributed by atoms with van der Waals surface area (Å²) < 4.78 is 1.13. The quantitative estimate of drug-likeness (QED) is 0.639. The predicted octanol–water partition coefficient (Wildman–Crippen LogP) is 5.52. The minimum atomic E-state index is -0.00810. The van der Waals surface area contributed by atoms with Crippen molar-refractivity contribution in [3.05, 3.63) is 42.2 Å². The minimum Gasteiger partial charge on any atom is -0.146 e. The Morgan fingerprint density at radius 3 is 2.47 bits per heavy atom. The van der Waals surface area contributed by atoms with Crippen molar-refractivity contribution in [3.8, 4) is 0 Å². The average Bonchev–Trinajstić information content (AvgIpc) is 2.71. The highest BCUT2D eigenvalue weighted by atomic mass is 79.9. The molecule has 1 atom stereocenters. The molecule has 2 aromatic rings. The first-order valence-corrected chi connectivity index (χ1v) is 7.40. The number of halogens is 2. The molecule has 0 N–H and O–H groups in total. The SMILES string of the molecule is Cc1cc(C(Cl)c2ccc(Br)s2)c(C)s1. The van der Waals surface area contributed by atoms with Crippen LogP contribution in [0.5, 0.6) is 0 Å². The lowest BCUT2D eigenvalue weighted by molar-refractivity contribution is 1.17. The van der Waals surface area contributed by atoms with Gasteiger partial charge in [-0.25, -0.2) is 0 Å². The molecule has 1 unspecified atom stereocenters. The zero-order valence-electron chi connectivity index (χ0n) is 8.38. The molecule has 0 radical (unpaired) electrons. The number of aryl methyl sites for hydroxylation is 2. The zero-order chi connectivity index (χ0) is 11.0. The Morgan fingerprint density at radius 2 is 2.00 bits per heavy atom. The van der Waals surface area contributed by atoms with Crippen molar-refractivity contribution in [2.75, 3.05) is 0 Å². The fourth-order valence-electron chi connectivity index (χ4n) is 1.52. The van der Waals surface area contributed by atoms with Crippen molar-refractivity contribution in [3.63, 3.8) is 0 Å². The van der Waals surface area contributed by atoms with Gasteiger partial charge in [0.05, 0.1) is 9.16 Å². The van der Waals surface area contributed by atoms with E-state index in [-0.39, 0.29) is 5.38 Å². The van der Waals surface area contributed by atoms with Crippen molar-refractivity contribution in [2.24, 2.45) is 0 Å². The highest BCUT2D eigenvalue weighted by Gasteiger charge is 2.16. The van der Waals surface area contributed by atoms with Crippen LogP contribution in [0, 0.1) is 13.8 Å². The Bertz CT molecular complexity index is 473. The van der Waals surface area contributed by atoms with Crippen molar-refractivity contribution in [1.82, 2.24) is 0 Å². The van der Waals surface area contributed by atoms with Gasteiger partial charge in [-0.1, -0.05) is 0 Å². The van der Waals surface area contributed by atoms with Gasteiger partial charge >= 0.3 is 0 Å². The molecule has 4 heteroatoms. The van der Waals surface area contributed by atoms with Gasteiger partial charge in [0.25, 0.3) is 0 Å². The zero-order valence-corrected chi connectivity index (χ0v) is 12.4. The topological polar surface area (TPSA) is 0 Å². The molecule has 2 aromatic heterocycles. The highest BCUT2D eigenvalue weighted by molar-refractivity contribution is 9.11. The molecule has 2 heterocycles. The molecule has 0 saturated carbocycles. The summed E-state index contributed by atoms with van der Waals surface area (Å²) in [5.74, 6) is 0. The molecule has 0 saturated heterocycles. The Labute approximate surface area is 111 Å². The van der Waals surface area contributed by atoms with E-state index in [9.17, 15) is 0 Å². The number of hydrogen-bond donors (Lipinski definition) is 0. The number of rotatable bonds is 2. The average molecular weight is 322 g/mol. The fourth-order valence-corrected chi connectivity index (χ4v) is 4.40. The maximum Gasteiger partial charge on any atom is 0.0938 e. The summed E-state index contributed by atoms with van der Waals surface area (Å²) in [6.07, 6.45) is 0. The Hall–Kier alpha value is 0.170. The molecule has 15 heavy (non-hydrogen) atoms. The van der Waals surface area contributed by atoms with Gasteiger partial charge in [0.1, 0.15) is 0 Å². The first-order chi connectivity index (χ1) is 7.08. The van der Waals surface area contributed by atoms with Gasteiger partial charge in [-0.05, 0) is 53.5 Å². The Morgan fingerprint density at radius 1 is 1.27 bits per heavy atom. The van der Waals surface area contributed by atoms with Crippen molar-refractivity contribution in [2.45, 2.75) is 19.2 Å². The van der Waals surface area contributed by atoms with E-state index in [0.29, 0.717) is 0 Å². The maximum absolute atomic E-state index is 6.46. The Kier molecular flexibility index (Phi) is 3.56. The molecule has 0 aliphatic rings. The first-order valence-electron chi connectivity index (χ1n) is 4.54. The second-order valence-electron chi connectivity index (χ2n) is 3.37. The van der Waals surface area contributed by atoms with Crippen LogP contribution in [0.1, 0.15) is 25.6 Å². The van der Waals surface area contributed by atoms with E-state index in [2.05, 4.69) is 41.9 Å². The summed E-state index contributed by atoms with van der Waals surface area (Å²) in [4.78, 5) is 3.84. The van der Waals surface area contributed by atoms with E-state index in [1.165, 1.54) is 20.2 Å². The van der Waals surface area contributed by atoms with Crippen LogP contribution >= 0.6 is 50.2 Å². The lowest BCUT2D eigenvalue weighted by Crippen LogP contribution is -1.89. The van der Waals surface area contributed by atoms with Crippen LogP contribution < -0.4 is 0 Å². The highest BCUT2D eigenvalue weighted by Crippen LogP contribution is 2.39. The van der Waals surface area contributed by atoms with E-state index in [4.69, 9.17) is 11.6 Å². The summed E-state index contributed by atoms with van der Waals surface area (Å²) in [6, 6.07) is 6.31. The lowest BCUT2D eigenvalue weighted by Gasteiger charge is -2.05. The summed E-state index contributed by atoms with van der Waals surface area (Å²) in [7, 11) is 0. The summed E-state index contributed by atoms with van der Waals surface area (Å²) in [5, 5.41) is -0.00810. The summed E-state index contributed by atoms with van der Waals surface area (Å²) in [6.45, 7) is 4.25. The van der Waals surface area contributed by atoms with Crippen LogP contribution in [0.2, 0.25) is 0 Å². The van der Waals surface area contributed by atoms with Crippen LogP contribution in [0.3, 0.4) is 0 Å². The molecule has 0 aromatic carbocycles. The molecular formula is C11H10BrClS2. The van der Waals surface area contributed by atoms with E-state index in [1.807, 2.05) is 17.4 Å². The van der Waals surface area contributed by atoms with Crippen molar-refractivity contribution in [1.29, 1.82) is 0 Å². The third kappa shape index (κ3) is 2.47. The first kappa shape index (κ1) is 11.6. The van der Waals surface area contributed by atoms with Crippen LogP contribution in [0.4, 0.5) is 0 Å². The van der Waals surface area contributed by atoms with Gasteiger partial charge in [-0.2, -0.15) is 0 Å². The molecule has 2 rings (SSSR count). The number of alkyl halides is 1. The van der Waals surface area contributed by atoms with E-state index >= 15 is 0 Å². The number of hydrogen-bond acceptors (Lipinski definition) is 2. The maximum atomic E-state index is 6.46. The molecule has 80 valence electrons. The second-order valence-corrected chi connectivity index (χ2v) is 7.76. The lowest BCUT2D eigenvalue weighted by atomic mass is 10.1. The minimum absolute atomic E-state index is 0.00810. The molecule has 0 fully saturated rings. The van der Waals surface area contributed by atoms with Gasteiger partial charge < -0.3 is 0 Å². The standard InChI is InChI=1S/C11H10BrClS2/c1-6-5-8(7(2)14-6)11(13)9-3-4-10(12)15-9/h3-5,11H,1-2H3. The molecule has 0 bridgehead atoms. The third-order valence-electron chi connectivity index (χ3n) is 2.20. The smallest absolute Gasteiger partial charge is 0.0938 e. The molecule has 0 amide bonds. The molecule has 0 aliphatic carbocycles. The van der Waals surface area contributed by atoms with Crippen molar-refractivity contribution >= 4 is 50.2 Å². The van der Waals surface area contributed by atoms with Crippen LogP contribution in [0.25, 0.3) is 0 Å². The van der Waals surface area contributed by atoms with Gasteiger partial charge in [0.15, 0.2) is 0 Å². The van der Waals surface area contributed by atoms with Gasteiger partial charge in [0.2, 0.25) is 0 Å². The van der Waals surface area contributed by atoms with Crippen LogP contribution in [-0.2, 0) is 0 Å². The van der Waals surface area contributed by atoms with E-state index in [0.717, 1.165) is 3.79 Å². The van der Waals surface area contributed by atoms with Crippen molar-refractivity contribution < 1.29 is 0 Å². The van der Waals surface area contributed by atoms with Gasteiger partial charge in [-0.15, -0.1) is 34.3 Å². The van der Waals surface area contributed by atoms with E-state index < -0.39 is 0 Å². The molecule has 0 spiro atoms. The van der Waals surface area contributed by atoms with Crippen LogP contribution in [-0.4, -0.2) is 0 Å². The number of thiophene rings is 2. The largest absolute Gasteiger partial charge is 0.146 e. The van der Waals surface area contributed by atoms with Gasteiger partial charge in [0, 0.05) is 14.6 Å². The Balaban J connectivity index is 2.35. The molecule has 0 aliphatic heterocycles. The fraction of sp³-hybridized carbons (Fsp3) is 0.273. The normalized spacial score (nSPS) is 13.1. The van der Waals surface area contributed by atoms with Gasteiger partial charge in [-0.3, -0.25) is 0 Å². The second kappa shape index (κ2) is 4.58. The van der Waals surface area contributed by atoms with Crippen LogP contribution in [0.15, 0.2) is 22.0 Å². The monoisotopic (exact) mass is 320 g/mol. The third-order valence-corrected chi connectivity index (χ3v) is 5.47. The molecule has 0 nitrogen and oxygen atoms in total.